The average molecular weight is 347 g/mol. The number of benzene rings is 1. The van der Waals surface area contributed by atoms with Crippen LogP contribution in [0.5, 0.6) is 0 Å². The summed E-state index contributed by atoms with van der Waals surface area (Å²) >= 11 is 5.14. The van der Waals surface area contributed by atoms with Crippen molar-refractivity contribution in [1.82, 2.24) is 19.9 Å². The van der Waals surface area contributed by atoms with Gasteiger partial charge in [0, 0.05) is 18.1 Å². The SMILES string of the molecule is O=C(Nc1ccc2nc(-c3ccccn3)[nH]c2c1)c1ccc[nH]c1=S. The summed E-state index contributed by atoms with van der Waals surface area (Å²) in [5, 5.41) is 2.85. The first-order valence-corrected chi connectivity index (χ1v) is 8.02. The molecule has 0 aliphatic rings. The first-order valence-electron chi connectivity index (χ1n) is 7.61. The number of imidazole rings is 1. The van der Waals surface area contributed by atoms with Crippen LogP contribution in [-0.4, -0.2) is 25.8 Å². The van der Waals surface area contributed by atoms with E-state index in [2.05, 4.69) is 25.3 Å². The molecule has 3 N–H and O–H groups in total. The molecule has 0 fully saturated rings. The minimum absolute atomic E-state index is 0.259. The molecular weight excluding hydrogens is 334 g/mol. The molecule has 0 bridgehead atoms. The molecule has 3 heterocycles. The third-order valence-corrected chi connectivity index (χ3v) is 4.05. The second kappa shape index (κ2) is 6.29. The predicted molar refractivity (Wildman–Crippen MR) is 98.9 cm³/mol. The van der Waals surface area contributed by atoms with Gasteiger partial charge in [0.05, 0.1) is 16.6 Å². The summed E-state index contributed by atoms with van der Waals surface area (Å²) in [4.78, 5) is 27.2. The third-order valence-electron chi connectivity index (χ3n) is 3.71. The molecule has 1 amide bonds. The number of pyridine rings is 2. The van der Waals surface area contributed by atoms with Crippen LogP contribution in [-0.2, 0) is 0 Å². The lowest BCUT2D eigenvalue weighted by molar-refractivity contribution is 0.102. The van der Waals surface area contributed by atoms with Gasteiger partial charge in [-0.05, 0) is 42.5 Å². The molecule has 0 saturated heterocycles. The Labute approximate surface area is 148 Å². The van der Waals surface area contributed by atoms with Gasteiger partial charge in [0.1, 0.15) is 10.3 Å². The van der Waals surface area contributed by atoms with Crippen molar-refractivity contribution >= 4 is 34.8 Å². The van der Waals surface area contributed by atoms with Crippen molar-refractivity contribution in [2.75, 3.05) is 5.32 Å². The summed E-state index contributed by atoms with van der Waals surface area (Å²) in [6, 6.07) is 14.6. The fourth-order valence-electron chi connectivity index (χ4n) is 2.51. The lowest BCUT2D eigenvalue weighted by atomic mass is 10.2. The largest absolute Gasteiger partial charge is 0.352 e. The highest BCUT2D eigenvalue weighted by Gasteiger charge is 2.10. The van der Waals surface area contributed by atoms with E-state index in [1.807, 2.05) is 30.3 Å². The molecule has 6 nitrogen and oxygen atoms in total. The molecular formula is C18H13N5OS. The lowest BCUT2D eigenvalue weighted by Crippen LogP contribution is -2.12. The number of carbonyl (C=O) groups is 1. The zero-order valence-corrected chi connectivity index (χ0v) is 13.8. The second-order valence-electron chi connectivity index (χ2n) is 5.40. The van der Waals surface area contributed by atoms with E-state index in [4.69, 9.17) is 12.2 Å². The number of rotatable bonds is 3. The first kappa shape index (κ1) is 15.2. The molecule has 0 spiro atoms. The molecule has 0 atom stereocenters. The number of hydrogen-bond donors (Lipinski definition) is 3. The fraction of sp³-hybridized carbons (Fsp3) is 0. The lowest BCUT2D eigenvalue weighted by Gasteiger charge is -2.05. The van der Waals surface area contributed by atoms with Gasteiger partial charge in [0.2, 0.25) is 0 Å². The number of aromatic amines is 2. The smallest absolute Gasteiger partial charge is 0.258 e. The molecule has 122 valence electrons. The van der Waals surface area contributed by atoms with E-state index in [1.54, 1.807) is 30.6 Å². The van der Waals surface area contributed by atoms with E-state index < -0.39 is 0 Å². The maximum atomic E-state index is 12.4. The number of fused-ring (bicyclic) bond motifs is 1. The number of H-pyrrole nitrogens is 2. The van der Waals surface area contributed by atoms with Crippen LogP contribution in [0, 0.1) is 4.64 Å². The summed E-state index contributed by atoms with van der Waals surface area (Å²) in [7, 11) is 0. The average Bonchev–Trinajstić information content (AvgIpc) is 3.06. The van der Waals surface area contributed by atoms with E-state index in [-0.39, 0.29) is 5.91 Å². The van der Waals surface area contributed by atoms with Gasteiger partial charge < -0.3 is 15.3 Å². The van der Waals surface area contributed by atoms with E-state index in [0.717, 1.165) is 16.7 Å². The minimum atomic E-state index is -0.259. The molecule has 3 aromatic heterocycles. The molecule has 7 heteroatoms. The van der Waals surface area contributed by atoms with Crippen molar-refractivity contribution in [1.29, 1.82) is 0 Å². The van der Waals surface area contributed by atoms with Gasteiger partial charge >= 0.3 is 0 Å². The monoisotopic (exact) mass is 347 g/mol. The summed E-state index contributed by atoms with van der Waals surface area (Å²) in [6.45, 7) is 0. The molecule has 1 aromatic carbocycles. The highest BCUT2D eigenvalue weighted by molar-refractivity contribution is 7.71. The summed E-state index contributed by atoms with van der Waals surface area (Å²) < 4.78 is 0.403. The number of hydrogen-bond acceptors (Lipinski definition) is 4. The van der Waals surface area contributed by atoms with Crippen LogP contribution < -0.4 is 5.32 Å². The normalized spacial score (nSPS) is 10.7. The van der Waals surface area contributed by atoms with Crippen molar-refractivity contribution in [3.8, 4) is 11.5 Å². The van der Waals surface area contributed by atoms with Crippen LogP contribution in [0.4, 0.5) is 5.69 Å². The number of amides is 1. The summed E-state index contributed by atoms with van der Waals surface area (Å²) in [6.07, 6.45) is 3.41. The van der Waals surface area contributed by atoms with Crippen molar-refractivity contribution in [2.45, 2.75) is 0 Å². The van der Waals surface area contributed by atoms with Gasteiger partial charge in [0.25, 0.3) is 5.91 Å². The van der Waals surface area contributed by atoms with Gasteiger partial charge in [-0.1, -0.05) is 18.3 Å². The van der Waals surface area contributed by atoms with E-state index in [0.29, 0.717) is 21.7 Å². The Balaban J connectivity index is 1.64. The number of nitrogens with zero attached hydrogens (tertiary/aromatic N) is 2. The van der Waals surface area contributed by atoms with Gasteiger partial charge in [-0.2, -0.15) is 0 Å². The van der Waals surface area contributed by atoms with Crippen LogP contribution >= 0.6 is 12.2 Å². The molecule has 0 unspecified atom stereocenters. The first-order chi connectivity index (χ1) is 12.2. The van der Waals surface area contributed by atoms with Crippen molar-refractivity contribution < 1.29 is 4.79 Å². The molecule has 0 aliphatic carbocycles. The Morgan fingerprint density at radius 3 is 2.84 bits per heavy atom. The highest BCUT2D eigenvalue weighted by Crippen LogP contribution is 2.22. The molecule has 0 radical (unpaired) electrons. The number of nitrogens with one attached hydrogen (secondary N) is 3. The Hall–Kier alpha value is -3.32. The van der Waals surface area contributed by atoms with Gasteiger partial charge in [-0.15, -0.1) is 0 Å². The molecule has 25 heavy (non-hydrogen) atoms. The third kappa shape index (κ3) is 3.05. The quantitative estimate of drug-likeness (QED) is 0.490. The number of aromatic nitrogens is 4. The van der Waals surface area contributed by atoms with Gasteiger partial charge in [-0.25, -0.2) is 4.98 Å². The number of carbonyl (C=O) groups excluding carboxylic acids is 1. The van der Waals surface area contributed by atoms with Crippen molar-refractivity contribution in [3.05, 3.63) is 71.1 Å². The fourth-order valence-corrected chi connectivity index (χ4v) is 2.74. The van der Waals surface area contributed by atoms with E-state index >= 15 is 0 Å². The van der Waals surface area contributed by atoms with E-state index in [9.17, 15) is 4.79 Å². The van der Waals surface area contributed by atoms with Gasteiger partial charge in [-0.3, -0.25) is 9.78 Å². The van der Waals surface area contributed by atoms with Crippen LogP contribution in [0.3, 0.4) is 0 Å². The molecule has 4 rings (SSSR count). The van der Waals surface area contributed by atoms with Crippen LogP contribution in [0.2, 0.25) is 0 Å². The van der Waals surface area contributed by atoms with Crippen LogP contribution in [0.25, 0.3) is 22.6 Å². The Bertz CT molecular complexity index is 1120. The maximum Gasteiger partial charge on any atom is 0.258 e. The molecule has 4 aromatic rings. The predicted octanol–water partition coefficient (Wildman–Crippen LogP) is 3.93. The molecule has 0 aliphatic heterocycles. The summed E-state index contributed by atoms with van der Waals surface area (Å²) in [5.74, 6) is 0.426. The topological polar surface area (TPSA) is 86.5 Å². The second-order valence-corrected chi connectivity index (χ2v) is 5.81. The van der Waals surface area contributed by atoms with Crippen molar-refractivity contribution in [2.24, 2.45) is 0 Å². The minimum Gasteiger partial charge on any atom is -0.352 e. The summed E-state index contributed by atoms with van der Waals surface area (Å²) in [5.41, 5.74) is 3.47. The maximum absolute atomic E-state index is 12.4. The van der Waals surface area contributed by atoms with Crippen LogP contribution in [0.15, 0.2) is 60.9 Å². The Kier molecular flexibility index (Phi) is 3.83. The van der Waals surface area contributed by atoms with Crippen molar-refractivity contribution in [3.63, 3.8) is 0 Å². The Morgan fingerprint density at radius 1 is 1.12 bits per heavy atom. The highest BCUT2D eigenvalue weighted by atomic mass is 32.1. The Morgan fingerprint density at radius 2 is 2.04 bits per heavy atom. The number of anilines is 1. The standard InChI is InChI=1S/C18H13N5OS/c24-17(12-4-3-9-20-18(12)25)21-11-6-7-13-15(10-11)23-16(22-13)14-5-1-2-8-19-14/h1-10H,(H,20,25)(H,21,24)(H,22,23). The van der Waals surface area contributed by atoms with E-state index in [1.165, 1.54) is 0 Å². The van der Waals surface area contributed by atoms with Gasteiger partial charge in [0.15, 0.2) is 5.82 Å². The zero-order chi connectivity index (χ0) is 17.2. The zero-order valence-electron chi connectivity index (χ0n) is 13.0. The van der Waals surface area contributed by atoms with Crippen LogP contribution in [0.1, 0.15) is 10.4 Å². The molecule has 0 saturated carbocycles.